The van der Waals surface area contributed by atoms with Crippen molar-refractivity contribution >= 4 is 28.7 Å². The summed E-state index contributed by atoms with van der Waals surface area (Å²) in [4.78, 5) is 30.4. The number of alkyl halides is 5. The SMILES string of the molecule is CNC(=O)c1c(-c2ccc(F)cc2)oc2nc(NCC(F)(F)C(F)(F)F)c(-c3ccc(OC)c(C(=O)NCC(C)(C)C)c3)cc12. The normalized spacial score (nSPS) is 12.2. The minimum atomic E-state index is -5.85. The number of nitrogens with one attached hydrogen (secondary N) is 3. The van der Waals surface area contributed by atoms with Gasteiger partial charge in [0.25, 0.3) is 11.8 Å². The lowest BCUT2D eigenvalue weighted by Crippen LogP contribution is -2.42. The molecule has 0 aliphatic rings. The van der Waals surface area contributed by atoms with Gasteiger partial charge in [0.05, 0.1) is 30.2 Å². The van der Waals surface area contributed by atoms with Crippen LogP contribution in [0.1, 0.15) is 41.5 Å². The van der Waals surface area contributed by atoms with E-state index in [9.17, 15) is 35.9 Å². The number of carbonyl (C=O) groups excluding carboxylic acids is 2. The summed E-state index contributed by atoms with van der Waals surface area (Å²) in [7, 11) is 2.69. The van der Waals surface area contributed by atoms with E-state index in [4.69, 9.17) is 9.15 Å². The number of hydrogen-bond acceptors (Lipinski definition) is 6. The second-order valence-electron chi connectivity index (χ2n) is 11.3. The maximum absolute atomic E-state index is 14.0. The van der Waals surface area contributed by atoms with Crippen molar-refractivity contribution in [2.45, 2.75) is 32.9 Å². The molecule has 240 valence electrons. The second-order valence-corrected chi connectivity index (χ2v) is 11.3. The van der Waals surface area contributed by atoms with Crippen molar-refractivity contribution in [2.24, 2.45) is 5.41 Å². The first-order chi connectivity index (χ1) is 21.0. The minimum absolute atomic E-state index is 0.0235. The lowest BCUT2D eigenvalue weighted by atomic mass is 9.96. The molecule has 2 aromatic heterocycles. The van der Waals surface area contributed by atoms with Gasteiger partial charge in [-0.2, -0.15) is 26.9 Å². The molecule has 0 atom stereocenters. The Kier molecular flexibility index (Phi) is 9.08. The molecule has 14 heteroatoms. The zero-order chi connectivity index (χ0) is 33.3. The first-order valence-corrected chi connectivity index (χ1v) is 13.6. The minimum Gasteiger partial charge on any atom is -0.496 e. The molecular weight excluding hydrogens is 606 g/mol. The largest absolute Gasteiger partial charge is 0.496 e. The van der Waals surface area contributed by atoms with Gasteiger partial charge in [-0.05, 0) is 53.4 Å². The average molecular weight is 637 g/mol. The highest BCUT2D eigenvalue weighted by Crippen LogP contribution is 2.40. The topological polar surface area (TPSA) is 105 Å². The van der Waals surface area contributed by atoms with Crippen molar-refractivity contribution in [3.63, 3.8) is 0 Å². The number of fused-ring (bicyclic) bond motifs is 1. The van der Waals surface area contributed by atoms with Crippen LogP contribution in [0, 0.1) is 11.2 Å². The van der Waals surface area contributed by atoms with E-state index in [2.05, 4.69) is 20.9 Å². The molecule has 45 heavy (non-hydrogen) atoms. The van der Waals surface area contributed by atoms with E-state index >= 15 is 0 Å². The number of halogens is 6. The Hall–Kier alpha value is -4.75. The van der Waals surface area contributed by atoms with Crippen LogP contribution in [0.25, 0.3) is 33.6 Å². The molecule has 0 spiro atoms. The number of pyridine rings is 1. The molecule has 2 amide bonds. The van der Waals surface area contributed by atoms with Gasteiger partial charge in [-0.1, -0.05) is 26.8 Å². The Bertz CT molecular complexity index is 1730. The smallest absolute Gasteiger partial charge is 0.455 e. The van der Waals surface area contributed by atoms with Gasteiger partial charge in [0.1, 0.15) is 23.1 Å². The number of aromatic nitrogens is 1. The number of benzene rings is 2. The van der Waals surface area contributed by atoms with Crippen LogP contribution in [0.3, 0.4) is 0 Å². The summed E-state index contributed by atoms with van der Waals surface area (Å²) in [6.07, 6.45) is -5.85. The van der Waals surface area contributed by atoms with Crippen molar-refractivity contribution in [3.8, 4) is 28.2 Å². The maximum atomic E-state index is 14.0. The Morgan fingerprint density at radius 2 is 1.56 bits per heavy atom. The lowest BCUT2D eigenvalue weighted by Gasteiger charge is -2.21. The molecular formula is C31H30F6N4O4. The van der Waals surface area contributed by atoms with Crippen molar-refractivity contribution < 1.29 is 45.1 Å². The number of rotatable bonds is 9. The van der Waals surface area contributed by atoms with Gasteiger partial charge in [-0.15, -0.1) is 0 Å². The molecule has 0 aliphatic carbocycles. The molecule has 0 saturated carbocycles. The van der Waals surface area contributed by atoms with Crippen molar-refractivity contribution in [1.82, 2.24) is 15.6 Å². The molecule has 0 unspecified atom stereocenters. The van der Waals surface area contributed by atoms with Gasteiger partial charge in [0, 0.05) is 24.7 Å². The number of carbonyl (C=O) groups is 2. The quantitative estimate of drug-likeness (QED) is 0.170. The number of nitrogens with zero attached hydrogens (tertiary/aromatic N) is 1. The summed E-state index contributed by atoms with van der Waals surface area (Å²) in [6.45, 7) is 4.15. The molecule has 0 aliphatic heterocycles. The third-order valence-corrected chi connectivity index (χ3v) is 6.67. The molecule has 8 nitrogen and oxygen atoms in total. The predicted molar refractivity (Wildman–Crippen MR) is 156 cm³/mol. The molecule has 2 aromatic carbocycles. The van der Waals surface area contributed by atoms with Gasteiger partial charge in [-0.3, -0.25) is 9.59 Å². The molecule has 0 saturated heterocycles. The first kappa shape index (κ1) is 33.1. The van der Waals surface area contributed by atoms with Gasteiger partial charge >= 0.3 is 12.1 Å². The van der Waals surface area contributed by atoms with E-state index in [0.717, 1.165) is 12.1 Å². The Morgan fingerprint density at radius 1 is 0.911 bits per heavy atom. The van der Waals surface area contributed by atoms with Gasteiger partial charge in [0.15, 0.2) is 0 Å². The van der Waals surface area contributed by atoms with E-state index in [0.29, 0.717) is 6.54 Å². The maximum Gasteiger partial charge on any atom is 0.455 e. The third kappa shape index (κ3) is 7.15. The van der Waals surface area contributed by atoms with Crippen LogP contribution in [-0.4, -0.2) is 56.1 Å². The first-order valence-electron chi connectivity index (χ1n) is 13.6. The summed E-state index contributed by atoms with van der Waals surface area (Å²) in [5.41, 5.74) is -0.105. The van der Waals surface area contributed by atoms with Crippen LogP contribution in [0.2, 0.25) is 0 Å². The van der Waals surface area contributed by atoms with E-state index in [1.54, 1.807) is 0 Å². The fourth-order valence-electron chi connectivity index (χ4n) is 4.32. The molecule has 4 rings (SSSR count). The van der Waals surface area contributed by atoms with E-state index in [-0.39, 0.29) is 55.8 Å². The average Bonchev–Trinajstić information content (AvgIpc) is 3.35. The number of anilines is 1. The number of hydrogen-bond donors (Lipinski definition) is 3. The standard InChI is InChI=1S/C31H30F6N4O4/c1-29(2,3)14-40-26(42)20-12-17(8-11-22(20)44-5)19-13-21-23(27(43)38-4)24(16-6-9-18(32)10-7-16)45-28(21)41-25(19)39-15-30(33,34)31(35,36)37/h6-13H,14-15H2,1-5H3,(H,38,43)(H,39,41)(H,40,42). The van der Waals surface area contributed by atoms with Crippen molar-refractivity contribution in [3.05, 3.63) is 65.5 Å². The van der Waals surface area contributed by atoms with Crippen LogP contribution < -0.4 is 20.7 Å². The molecule has 2 heterocycles. The molecule has 4 aromatic rings. The number of ether oxygens (including phenoxy) is 1. The van der Waals surface area contributed by atoms with Crippen LogP contribution in [-0.2, 0) is 0 Å². The second kappa shape index (κ2) is 12.3. The number of methoxy groups -OCH3 is 1. The Morgan fingerprint density at radius 3 is 2.13 bits per heavy atom. The summed E-state index contributed by atoms with van der Waals surface area (Å²) in [5.74, 6) is -7.17. The predicted octanol–water partition coefficient (Wildman–Crippen LogP) is 7.05. The van der Waals surface area contributed by atoms with Crippen LogP contribution in [0.4, 0.5) is 32.2 Å². The summed E-state index contributed by atoms with van der Waals surface area (Å²) in [5, 5.41) is 7.40. The summed E-state index contributed by atoms with van der Waals surface area (Å²) in [6, 6.07) is 10.5. The van der Waals surface area contributed by atoms with Crippen LogP contribution in [0.5, 0.6) is 5.75 Å². The zero-order valence-electron chi connectivity index (χ0n) is 24.9. The van der Waals surface area contributed by atoms with E-state index in [1.165, 1.54) is 50.6 Å². The highest BCUT2D eigenvalue weighted by Gasteiger charge is 2.57. The van der Waals surface area contributed by atoms with Crippen molar-refractivity contribution in [2.75, 3.05) is 32.6 Å². The van der Waals surface area contributed by atoms with Gasteiger partial charge in [0.2, 0.25) is 5.71 Å². The fourth-order valence-corrected chi connectivity index (χ4v) is 4.32. The fraction of sp³-hybridized carbons (Fsp3) is 0.323. The Labute approximate surface area is 254 Å². The molecule has 3 N–H and O–H groups in total. The number of amides is 2. The molecule has 0 bridgehead atoms. The summed E-state index contributed by atoms with van der Waals surface area (Å²) >= 11 is 0. The van der Waals surface area contributed by atoms with Crippen LogP contribution in [0.15, 0.2) is 52.9 Å². The monoisotopic (exact) mass is 636 g/mol. The van der Waals surface area contributed by atoms with E-state index in [1.807, 2.05) is 20.8 Å². The Balaban J connectivity index is 1.95. The van der Waals surface area contributed by atoms with Gasteiger partial charge in [-0.25, -0.2) is 4.39 Å². The third-order valence-electron chi connectivity index (χ3n) is 6.67. The summed E-state index contributed by atoms with van der Waals surface area (Å²) < 4.78 is 91.9. The zero-order valence-corrected chi connectivity index (χ0v) is 24.9. The molecule has 0 radical (unpaired) electrons. The van der Waals surface area contributed by atoms with Crippen molar-refractivity contribution in [1.29, 1.82) is 0 Å². The molecule has 0 fully saturated rings. The van der Waals surface area contributed by atoms with E-state index < -0.39 is 42.1 Å². The highest BCUT2D eigenvalue weighted by atomic mass is 19.4. The van der Waals surface area contributed by atoms with Gasteiger partial charge < -0.3 is 25.1 Å². The number of furan rings is 1. The van der Waals surface area contributed by atoms with Crippen LogP contribution >= 0.6 is 0 Å². The highest BCUT2D eigenvalue weighted by molar-refractivity contribution is 6.11. The lowest BCUT2D eigenvalue weighted by molar-refractivity contribution is -0.275.